The van der Waals surface area contributed by atoms with Crippen LogP contribution in [0.3, 0.4) is 0 Å². The number of para-hydroxylation sites is 1. The Hall–Kier alpha value is -4.81. The summed E-state index contributed by atoms with van der Waals surface area (Å²) in [4.78, 5) is 34.9. The van der Waals surface area contributed by atoms with Crippen LogP contribution in [0.4, 0.5) is 43.5 Å². The van der Waals surface area contributed by atoms with Gasteiger partial charge < -0.3 is 20.5 Å². The highest BCUT2D eigenvalue weighted by Gasteiger charge is 2.41. The largest absolute Gasteiger partial charge is 0.389 e. The van der Waals surface area contributed by atoms with E-state index < -0.39 is 54.9 Å². The molecule has 3 N–H and O–H groups in total. The Morgan fingerprint density at radius 2 is 1.80 bits per heavy atom. The number of nitrogens with zero attached hydrogens (tertiary/aromatic N) is 2. The van der Waals surface area contributed by atoms with Crippen LogP contribution in [-0.2, 0) is 4.79 Å². The fraction of sp³-hybridized carbons (Fsp3) is 0.258. The minimum absolute atomic E-state index is 0.0256. The summed E-state index contributed by atoms with van der Waals surface area (Å²) in [5, 5.41) is 5.68. The van der Waals surface area contributed by atoms with Gasteiger partial charge in [-0.15, -0.1) is 0 Å². The van der Waals surface area contributed by atoms with Gasteiger partial charge in [0.15, 0.2) is 0 Å². The first kappa shape index (κ1) is 30.6. The highest BCUT2D eigenvalue weighted by Crippen LogP contribution is 2.44. The number of nitrogens with one attached hydrogen (secondary N) is 3. The van der Waals surface area contributed by atoms with Crippen molar-refractivity contribution in [3.63, 3.8) is 0 Å². The Balaban J connectivity index is 1.54. The molecule has 2 amide bonds. The van der Waals surface area contributed by atoms with Gasteiger partial charge >= 0.3 is 6.18 Å². The molecular formula is C31H27F6N5O2. The van der Waals surface area contributed by atoms with Gasteiger partial charge in [-0.1, -0.05) is 30.3 Å². The minimum atomic E-state index is -4.49. The SMILES string of the molecule is CN1C[C@@H](CC(F)(F)F)c2[nH]c(-c3ccnc(NC(=O)C(CC(F)F)c4ccc(F)cc4)c3)c(Nc3ccccc3)c2C1=O. The van der Waals surface area contributed by atoms with E-state index in [9.17, 15) is 35.9 Å². The summed E-state index contributed by atoms with van der Waals surface area (Å²) in [6.45, 7) is -0.150. The molecule has 2 aromatic carbocycles. The van der Waals surface area contributed by atoms with E-state index in [0.29, 0.717) is 11.3 Å². The van der Waals surface area contributed by atoms with E-state index in [2.05, 4.69) is 20.6 Å². The van der Waals surface area contributed by atoms with Gasteiger partial charge in [-0.2, -0.15) is 13.2 Å². The number of pyridine rings is 1. The number of hydrogen-bond donors (Lipinski definition) is 3. The van der Waals surface area contributed by atoms with Gasteiger partial charge in [0.2, 0.25) is 12.3 Å². The van der Waals surface area contributed by atoms with Crippen molar-refractivity contribution in [2.75, 3.05) is 24.2 Å². The standard InChI is InChI=1S/C31H27F6N5O2/c1-42-16-19(15-31(35,36)37)26-25(30(42)44)28(39-21-5-3-2-4-6-21)27(41-26)18-11-12-38-24(13-18)40-29(43)22(14-23(33)34)17-7-9-20(32)10-8-17/h2-13,19,22-23,39,41H,14-16H2,1H3,(H,38,40,43)/t19-,22?/m1/s1. The van der Waals surface area contributed by atoms with Crippen molar-refractivity contribution in [3.05, 3.63) is 95.6 Å². The predicted molar refractivity (Wildman–Crippen MR) is 153 cm³/mol. The zero-order valence-electron chi connectivity index (χ0n) is 23.3. The van der Waals surface area contributed by atoms with Crippen molar-refractivity contribution in [3.8, 4) is 11.3 Å². The Morgan fingerprint density at radius 3 is 2.45 bits per heavy atom. The van der Waals surface area contributed by atoms with Crippen LogP contribution >= 0.6 is 0 Å². The third-order valence-corrected chi connectivity index (χ3v) is 7.32. The number of aromatic amines is 1. The van der Waals surface area contributed by atoms with Gasteiger partial charge in [-0.05, 0) is 42.0 Å². The first-order valence-electron chi connectivity index (χ1n) is 13.6. The fourth-order valence-electron chi connectivity index (χ4n) is 5.33. The van der Waals surface area contributed by atoms with Crippen molar-refractivity contribution in [2.24, 2.45) is 0 Å². The van der Waals surface area contributed by atoms with Gasteiger partial charge in [-0.3, -0.25) is 9.59 Å². The second-order valence-electron chi connectivity index (χ2n) is 10.5. The molecule has 4 aromatic rings. The normalized spacial score (nSPS) is 15.7. The molecule has 0 spiro atoms. The van der Waals surface area contributed by atoms with Crippen LogP contribution in [0, 0.1) is 5.82 Å². The third-order valence-electron chi connectivity index (χ3n) is 7.32. The van der Waals surface area contributed by atoms with Crippen molar-refractivity contribution in [1.29, 1.82) is 0 Å². The molecule has 0 aliphatic carbocycles. The molecule has 230 valence electrons. The molecule has 1 aliphatic heterocycles. The smallest absolute Gasteiger partial charge is 0.356 e. The number of rotatable bonds is 9. The number of fused-ring (bicyclic) bond motifs is 1. The van der Waals surface area contributed by atoms with E-state index in [4.69, 9.17) is 0 Å². The zero-order chi connectivity index (χ0) is 31.6. The fourth-order valence-corrected chi connectivity index (χ4v) is 5.33. The average molecular weight is 616 g/mol. The number of aromatic nitrogens is 2. The number of anilines is 3. The van der Waals surface area contributed by atoms with Crippen LogP contribution in [0.1, 0.15) is 46.3 Å². The first-order valence-corrected chi connectivity index (χ1v) is 13.6. The van der Waals surface area contributed by atoms with Crippen molar-refractivity contribution in [2.45, 2.75) is 37.3 Å². The number of carbonyl (C=O) groups excluding carboxylic acids is 2. The number of likely N-dealkylation sites (N-methyl/N-ethyl adjacent to an activating group) is 1. The lowest BCUT2D eigenvalue weighted by Crippen LogP contribution is -2.38. The number of halogens is 6. The number of carbonyl (C=O) groups is 2. The molecule has 1 aliphatic rings. The van der Waals surface area contributed by atoms with Gasteiger partial charge in [0.25, 0.3) is 5.91 Å². The van der Waals surface area contributed by atoms with Crippen LogP contribution < -0.4 is 10.6 Å². The van der Waals surface area contributed by atoms with E-state index >= 15 is 0 Å². The van der Waals surface area contributed by atoms with Crippen molar-refractivity contribution in [1.82, 2.24) is 14.9 Å². The van der Waals surface area contributed by atoms with Gasteiger partial charge in [0, 0.05) is 49.1 Å². The molecule has 2 aromatic heterocycles. The Morgan fingerprint density at radius 1 is 1.09 bits per heavy atom. The van der Waals surface area contributed by atoms with E-state index in [1.807, 2.05) is 0 Å². The van der Waals surface area contributed by atoms with Crippen LogP contribution in [-0.4, -0.2) is 52.9 Å². The molecule has 3 heterocycles. The van der Waals surface area contributed by atoms with E-state index in [1.54, 1.807) is 30.3 Å². The summed E-state index contributed by atoms with van der Waals surface area (Å²) in [7, 11) is 1.44. The van der Waals surface area contributed by atoms with Crippen LogP contribution in [0.5, 0.6) is 0 Å². The van der Waals surface area contributed by atoms with E-state index in [1.165, 1.54) is 42.4 Å². The maximum atomic E-state index is 13.5. The molecule has 13 heteroatoms. The highest BCUT2D eigenvalue weighted by atomic mass is 19.4. The predicted octanol–water partition coefficient (Wildman–Crippen LogP) is 7.46. The molecule has 7 nitrogen and oxygen atoms in total. The summed E-state index contributed by atoms with van der Waals surface area (Å²) in [6.07, 6.45) is -7.96. The monoisotopic (exact) mass is 615 g/mol. The molecule has 0 saturated carbocycles. The lowest BCUT2D eigenvalue weighted by molar-refractivity contribution is -0.139. The highest BCUT2D eigenvalue weighted by molar-refractivity contribution is 6.06. The molecule has 0 bridgehead atoms. The molecule has 1 unspecified atom stereocenters. The molecular weight excluding hydrogens is 588 g/mol. The van der Waals surface area contributed by atoms with E-state index in [-0.39, 0.29) is 40.6 Å². The Bertz CT molecular complexity index is 1640. The lowest BCUT2D eigenvalue weighted by Gasteiger charge is -2.30. The van der Waals surface area contributed by atoms with Gasteiger partial charge in [0.1, 0.15) is 11.6 Å². The number of amides is 2. The minimum Gasteiger partial charge on any atom is -0.356 e. The maximum absolute atomic E-state index is 13.5. The Labute approximate surface area is 248 Å². The van der Waals surface area contributed by atoms with Crippen LogP contribution in [0.25, 0.3) is 11.3 Å². The summed E-state index contributed by atoms with van der Waals surface area (Å²) < 4.78 is 80.8. The van der Waals surface area contributed by atoms with E-state index in [0.717, 1.165) is 12.1 Å². The molecule has 44 heavy (non-hydrogen) atoms. The molecule has 0 fully saturated rings. The molecule has 5 rings (SSSR count). The average Bonchev–Trinajstić information content (AvgIpc) is 3.34. The zero-order valence-corrected chi connectivity index (χ0v) is 23.3. The number of H-pyrrole nitrogens is 1. The quantitative estimate of drug-likeness (QED) is 0.171. The number of benzene rings is 2. The topological polar surface area (TPSA) is 90.1 Å². The van der Waals surface area contributed by atoms with Crippen molar-refractivity contribution < 1.29 is 35.9 Å². The maximum Gasteiger partial charge on any atom is 0.389 e. The summed E-state index contributed by atoms with van der Waals surface area (Å²) >= 11 is 0. The second kappa shape index (κ2) is 12.4. The Kier molecular flexibility index (Phi) is 8.66. The lowest BCUT2D eigenvalue weighted by atomic mass is 9.92. The number of hydrogen-bond acceptors (Lipinski definition) is 4. The summed E-state index contributed by atoms with van der Waals surface area (Å²) in [5.41, 5.74) is 1.80. The van der Waals surface area contributed by atoms with Crippen LogP contribution in [0.2, 0.25) is 0 Å². The van der Waals surface area contributed by atoms with Gasteiger partial charge in [0.05, 0.1) is 29.3 Å². The van der Waals surface area contributed by atoms with Gasteiger partial charge in [-0.25, -0.2) is 18.2 Å². The molecule has 0 saturated heterocycles. The molecule has 0 radical (unpaired) electrons. The summed E-state index contributed by atoms with van der Waals surface area (Å²) in [5.74, 6) is -4.28. The first-order chi connectivity index (χ1) is 20.9. The second-order valence-corrected chi connectivity index (χ2v) is 10.5. The van der Waals surface area contributed by atoms with Crippen molar-refractivity contribution >= 4 is 29.0 Å². The summed E-state index contributed by atoms with van der Waals surface area (Å²) in [6, 6.07) is 16.3. The number of alkyl halides is 5. The van der Waals surface area contributed by atoms with Crippen LogP contribution in [0.15, 0.2) is 72.9 Å². The molecule has 2 atom stereocenters. The third kappa shape index (κ3) is 6.87.